The number of hydrogen-bond acceptors (Lipinski definition) is 4. The molecular weight excluding hydrogens is 364 g/mol. The smallest absolute Gasteiger partial charge is 0.220 e. The van der Waals surface area contributed by atoms with E-state index in [1.807, 2.05) is 25.1 Å². The van der Waals surface area contributed by atoms with Gasteiger partial charge in [-0.25, -0.2) is 0 Å². The third kappa shape index (κ3) is 7.70. The Kier molecular flexibility index (Phi) is 8.87. The molecule has 0 aliphatic carbocycles. The van der Waals surface area contributed by atoms with E-state index in [1.54, 1.807) is 31.4 Å². The lowest BCUT2D eigenvalue weighted by molar-refractivity contribution is -0.121. The predicted octanol–water partition coefficient (Wildman–Crippen LogP) is 4.07. The molecule has 0 saturated heterocycles. The van der Waals surface area contributed by atoms with E-state index in [-0.39, 0.29) is 30.6 Å². The number of ether oxygens (including phenoxy) is 1. The molecule has 1 amide bonds. The van der Waals surface area contributed by atoms with Crippen LogP contribution in [0.25, 0.3) is 0 Å². The van der Waals surface area contributed by atoms with Crippen molar-refractivity contribution in [3.63, 3.8) is 0 Å². The Morgan fingerprint density at radius 3 is 2.38 bits per heavy atom. The van der Waals surface area contributed by atoms with Gasteiger partial charge in [0.1, 0.15) is 5.75 Å². The molecule has 0 spiro atoms. The van der Waals surface area contributed by atoms with Crippen LogP contribution in [0.15, 0.2) is 54.6 Å². The van der Waals surface area contributed by atoms with E-state index in [0.717, 1.165) is 13.1 Å². The van der Waals surface area contributed by atoms with Crippen molar-refractivity contribution in [1.29, 1.82) is 0 Å². The van der Waals surface area contributed by atoms with Gasteiger partial charge in [-0.1, -0.05) is 42.5 Å². The summed E-state index contributed by atoms with van der Waals surface area (Å²) in [6.07, 6.45) is 0.365. The summed E-state index contributed by atoms with van der Waals surface area (Å²) in [7, 11) is 1.57. The largest absolute Gasteiger partial charge is 0.497 e. The molecular formula is C24H32N2O3. The second-order valence-corrected chi connectivity index (χ2v) is 7.63. The van der Waals surface area contributed by atoms with Gasteiger partial charge in [0, 0.05) is 43.6 Å². The fourth-order valence-corrected chi connectivity index (χ4v) is 3.19. The molecule has 1 atom stereocenters. The number of methoxy groups -OCH3 is 1. The van der Waals surface area contributed by atoms with Crippen LogP contribution in [-0.2, 0) is 11.3 Å². The van der Waals surface area contributed by atoms with Gasteiger partial charge in [0.25, 0.3) is 0 Å². The van der Waals surface area contributed by atoms with Crippen LogP contribution in [0.1, 0.15) is 49.5 Å². The van der Waals surface area contributed by atoms with Crippen LogP contribution >= 0.6 is 0 Å². The van der Waals surface area contributed by atoms with Crippen LogP contribution in [-0.4, -0.2) is 42.3 Å². The molecule has 1 N–H and O–H groups in total. The first-order chi connectivity index (χ1) is 13.9. The Balaban J connectivity index is 1.81. The maximum absolute atomic E-state index is 12.3. The van der Waals surface area contributed by atoms with Crippen LogP contribution in [0.5, 0.6) is 5.75 Å². The van der Waals surface area contributed by atoms with Crippen LogP contribution in [0.4, 0.5) is 0 Å². The third-order valence-electron chi connectivity index (χ3n) is 4.85. The Morgan fingerprint density at radius 1 is 1.00 bits per heavy atom. The number of hydrogen-bond donors (Lipinski definition) is 1. The number of rotatable bonds is 11. The Morgan fingerprint density at radius 2 is 1.72 bits per heavy atom. The van der Waals surface area contributed by atoms with Gasteiger partial charge in [-0.2, -0.15) is 0 Å². The van der Waals surface area contributed by atoms with Gasteiger partial charge in [0.2, 0.25) is 5.91 Å². The predicted molar refractivity (Wildman–Crippen MR) is 116 cm³/mol. The van der Waals surface area contributed by atoms with Crippen LogP contribution < -0.4 is 10.1 Å². The molecule has 5 nitrogen and oxygen atoms in total. The van der Waals surface area contributed by atoms with Gasteiger partial charge in [0.15, 0.2) is 5.78 Å². The monoisotopic (exact) mass is 396 g/mol. The lowest BCUT2D eigenvalue weighted by atomic mass is 10.1. The Labute approximate surface area is 174 Å². The maximum atomic E-state index is 12.3. The molecule has 0 aliphatic heterocycles. The number of carbonyl (C=O) groups is 2. The zero-order chi connectivity index (χ0) is 21.2. The summed E-state index contributed by atoms with van der Waals surface area (Å²) in [5.74, 6) is 0.484. The number of ketones is 1. The molecule has 0 aliphatic rings. The van der Waals surface area contributed by atoms with Crippen molar-refractivity contribution in [2.45, 2.75) is 52.2 Å². The van der Waals surface area contributed by atoms with Crippen LogP contribution in [0.3, 0.4) is 0 Å². The van der Waals surface area contributed by atoms with Gasteiger partial charge in [0.05, 0.1) is 7.11 Å². The first-order valence-corrected chi connectivity index (χ1v) is 10.1. The summed E-state index contributed by atoms with van der Waals surface area (Å²) in [4.78, 5) is 27.0. The minimum Gasteiger partial charge on any atom is -0.497 e. The first kappa shape index (κ1) is 22.6. The fraction of sp³-hybridized carbons (Fsp3) is 0.417. The number of carbonyl (C=O) groups excluding carboxylic acids is 2. The Bertz CT molecular complexity index is 790. The van der Waals surface area contributed by atoms with Gasteiger partial charge in [-0.15, -0.1) is 0 Å². The maximum Gasteiger partial charge on any atom is 0.220 e. The van der Waals surface area contributed by atoms with E-state index in [9.17, 15) is 9.59 Å². The van der Waals surface area contributed by atoms with Gasteiger partial charge in [-0.05, 0) is 38.5 Å². The standard InChI is InChI=1S/C24H32N2O3/c1-18(2)26(17-20-9-6-5-7-10-20)16-19(3)25-24(28)14-13-23(27)21-11-8-12-22(15-21)29-4/h5-12,15,18-19H,13-14,16-17H2,1-4H3,(H,25,28). The fourth-order valence-electron chi connectivity index (χ4n) is 3.19. The van der Waals surface area contributed by atoms with Crippen molar-refractivity contribution in [3.05, 3.63) is 65.7 Å². The molecule has 29 heavy (non-hydrogen) atoms. The summed E-state index contributed by atoms with van der Waals surface area (Å²) in [6, 6.07) is 17.7. The molecule has 1 unspecified atom stereocenters. The number of nitrogens with zero attached hydrogens (tertiary/aromatic N) is 1. The molecule has 2 aromatic carbocycles. The summed E-state index contributed by atoms with van der Waals surface area (Å²) < 4.78 is 5.15. The molecule has 2 rings (SSSR count). The van der Waals surface area contributed by atoms with E-state index in [2.05, 4.69) is 36.2 Å². The molecule has 2 aromatic rings. The molecule has 5 heteroatoms. The SMILES string of the molecule is COc1cccc(C(=O)CCC(=O)NC(C)CN(Cc2ccccc2)C(C)C)c1. The summed E-state index contributed by atoms with van der Waals surface area (Å²) >= 11 is 0. The highest BCUT2D eigenvalue weighted by Gasteiger charge is 2.16. The normalized spacial score (nSPS) is 12.1. The molecule has 0 bridgehead atoms. The highest BCUT2D eigenvalue weighted by Crippen LogP contribution is 2.15. The summed E-state index contributed by atoms with van der Waals surface area (Å²) in [5.41, 5.74) is 1.82. The van der Waals surface area contributed by atoms with E-state index >= 15 is 0 Å². The topological polar surface area (TPSA) is 58.6 Å². The summed E-state index contributed by atoms with van der Waals surface area (Å²) in [5, 5.41) is 3.02. The van der Waals surface area contributed by atoms with Gasteiger partial charge >= 0.3 is 0 Å². The zero-order valence-electron chi connectivity index (χ0n) is 17.9. The average Bonchev–Trinajstić information content (AvgIpc) is 2.72. The van der Waals surface area contributed by atoms with Crippen molar-refractivity contribution in [1.82, 2.24) is 10.2 Å². The number of amides is 1. The Hall–Kier alpha value is -2.66. The van der Waals surface area contributed by atoms with Crippen molar-refractivity contribution in [2.75, 3.05) is 13.7 Å². The molecule has 0 fully saturated rings. The van der Waals surface area contributed by atoms with Crippen molar-refractivity contribution < 1.29 is 14.3 Å². The minimum atomic E-state index is -0.0998. The van der Waals surface area contributed by atoms with E-state index < -0.39 is 0 Å². The van der Waals surface area contributed by atoms with Crippen molar-refractivity contribution in [2.24, 2.45) is 0 Å². The third-order valence-corrected chi connectivity index (χ3v) is 4.85. The highest BCUT2D eigenvalue weighted by molar-refractivity contribution is 5.98. The van der Waals surface area contributed by atoms with Crippen LogP contribution in [0, 0.1) is 0 Å². The number of Topliss-reactive ketones (excluding diaryl/α,β-unsaturated/α-hetero) is 1. The molecule has 0 saturated carbocycles. The van der Waals surface area contributed by atoms with Crippen LogP contribution in [0.2, 0.25) is 0 Å². The second-order valence-electron chi connectivity index (χ2n) is 7.63. The molecule has 156 valence electrons. The van der Waals surface area contributed by atoms with Gasteiger partial charge < -0.3 is 10.1 Å². The lowest BCUT2D eigenvalue weighted by Crippen LogP contribution is -2.44. The summed E-state index contributed by atoms with van der Waals surface area (Å²) in [6.45, 7) is 7.91. The van der Waals surface area contributed by atoms with Crippen molar-refractivity contribution in [3.8, 4) is 5.75 Å². The first-order valence-electron chi connectivity index (χ1n) is 10.1. The van der Waals surface area contributed by atoms with Crippen molar-refractivity contribution >= 4 is 11.7 Å². The lowest BCUT2D eigenvalue weighted by Gasteiger charge is -2.29. The molecule has 0 heterocycles. The average molecular weight is 397 g/mol. The quantitative estimate of drug-likeness (QED) is 0.582. The second kappa shape index (κ2) is 11.4. The van der Waals surface area contributed by atoms with E-state index in [4.69, 9.17) is 4.74 Å². The molecule has 0 aromatic heterocycles. The highest BCUT2D eigenvalue weighted by atomic mass is 16.5. The number of benzene rings is 2. The van der Waals surface area contributed by atoms with Gasteiger partial charge in [-0.3, -0.25) is 14.5 Å². The zero-order valence-corrected chi connectivity index (χ0v) is 17.9. The van der Waals surface area contributed by atoms with E-state index in [0.29, 0.717) is 17.4 Å². The minimum absolute atomic E-state index is 0.000494. The van der Waals surface area contributed by atoms with E-state index in [1.165, 1.54) is 5.56 Å². The number of nitrogens with one attached hydrogen (secondary N) is 1. The molecule has 0 radical (unpaired) electrons.